The summed E-state index contributed by atoms with van der Waals surface area (Å²) in [5.74, 6) is 0.267. The number of aromatic nitrogens is 1. The van der Waals surface area contributed by atoms with Crippen LogP contribution in [0.4, 0.5) is 0 Å². The Morgan fingerprint density at radius 1 is 1.38 bits per heavy atom. The SMILES string of the molecule is CC[C@@H]1CN(C)C[C@@]2(C(=O)OC)Cc3c([nH]c4ccccc34)C(=O)C[C@@H]12. The Balaban J connectivity index is 1.93. The van der Waals surface area contributed by atoms with Crippen molar-refractivity contribution in [1.82, 2.24) is 9.88 Å². The fourth-order valence-corrected chi connectivity index (χ4v) is 5.34. The molecule has 0 unspecified atom stereocenters. The number of para-hydroxylation sites is 1. The van der Waals surface area contributed by atoms with Gasteiger partial charge in [-0.25, -0.2) is 0 Å². The van der Waals surface area contributed by atoms with Crippen molar-refractivity contribution in [2.45, 2.75) is 26.2 Å². The lowest BCUT2D eigenvalue weighted by Crippen LogP contribution is -2.57. The van der Waals surface area contributed by atoms with Crippen LogP contribution in [0.15, 0.2) is 24.3 Å². The number of nitrogens with one attached hydrogen (secondary N) is 1. The third-order valence-corrected chi connectivity index (χ3v) is 6.48. The van der Waals surface area contributed by atoms with Crippen molar-refractivity contribution in [1.29, 1.82) is 0 Å². The van der Waals surface area contributed by atoms with E-state index in [4.69, 9.17) is 4.74 Å². The highest BCUT2D eigenvalue weighted by Gasteiger charge is 2.55. The Labute approximate surface area is 153 Å². The second kappa shape index (κ2) is 6.23. The van der Waals surface area contributed by atoms with Crippen molar-refractivity contribution in [2.24, 2.45) is 17.3 Å². The van der Waals surface area contributed by atoms with E-state index in [1.54, 1.807) is 0 Å². The molecule has 0 bridgehead atoms. The van der Waals surface area contributed by atoms with Gasteiger partial charge in [0.15, 0.2) is 5.78 Å². The van der Waals surface area contributed by atoms with Gasteiger partial charge in [-0.05, 0) is 36.9 Å². The number of benzene rings is 1. The second-order valence-corrected chi connectivity index (χ2v) is 7.95. The second-order valence-electron chi connectivity index (χ2n) is 7.95. The van der Waals surface area contributed by atoms with Crippen molar-refractivity contribution in [3.8, 4) is 0 Å². The van der Waals surface area contributed by atoms with Crippen LogP contribution in [0.2, 0.25) is 0 Å². The first-order chi connectivity index (χ1) is 12.5. The predicted molar refractivity (Wildman–Crippen MR) is 100 cm³/mol. The van der Waals surface area contributed by atoms with E-state index in [0.717, 1.165) is 29.4 Å². The Hall–Kier alpha value is -2.14. The third kappa shape index (κ3) is 2.41. The first kappa shape index (κ1) is 17.3. The lowest BCUT2D eigenvalue weighted by molar-refractivity contribution is -0.163. The van der Waals surface area contributed by atoms with Gasteiger partial charge >= 0.3 is 5.97 Å². The molecule has 2 aromatic rings. The zero-order chi connectivity index (χ0) is 18.5. The largest absolute Gasteiger partial charge is 0.469 e. The van der Waals surface area contributed by atoms with Gasteiger partial charge in [0.1, 0.15) is 0 Å². The molecule has 3 atom stereocenters. The third-order valence-electron chi connectivity index (χ3n) is 6.48. The van der Waals surface area contributed by atoms with Gasteiger partial charge in [-0.2, -0.15) is 0 Å². The summed E-state index contributed by atoms with van der Waals surface area (Å²) >= 11 is 0. The van der Waals surface area contributed by atoms with Crippen LogP contribution < -0.4 is 0 Å². The van der Waals surface area contributed by atoms with Gasteiger partial charge in [0.2, 0.25) is 0 Å². The molecule has 138 valence electrons. The monoisotopic (exact) mass is 354 g/mol. The number of carbonyl (C=O) groups is 2. The molecular formula is C21H26N2O3. The fraction of sp³-hybridized carbons (Fsp3) is 0.524. The number of hydrogen-bond donors (Lipinski definition) is 1. The number of hydrogen-bond acceptors (Lipinski definition) is 4. The number of fused-ring (bicyclic) bond motifs is 4. The number of methoxy groups -OCH3 is 1. The number of piperidine rings is 1. The number of esters is 1. The molecule has 0 spiro atoms. The maximum Gasteiger partial charge on any atom is 0.313 e. The number of nitrogens with zero attached hydrogens (tertiary/aromatic N) is 1. The van der Waals surface area contributed by atoms with E-state index in [-0.39, 0.29) is 17.7 Å². The van der Waals surface area contributed by atoms with Crippen molar-refractivity contribution in [3.05, 3.63) is 35.5 Å². The van der Waals surface area contributed by atoms with Crippen molar-refractivity contribution in [3.63, 3.8) is 0 Å². The predicted octanol–water partition coefficient (Wildman–Crippen LogP) is 3.04. The Morgan fingerprint density at radius 3 is 2.88 bits per heavy atom. The molecule has 1 N–H and O–H groups in total. The summed E-state index contributed by atoms with van der Waals surface area (Å²) < 4.78 is 5.30. The van der Waals surface area contributed by atoms with E-state index < -0.39 is 5.41 Å². The van der Waals surface area contributed by atoms with Crippen molar-refractivity contribution >= 4 is 22.7 Å². The van der Waals surface area contributed by atoms with Crippen molar-refractivity contribution < 1.29 is 14.3 Å². The summed E-state index contributed by atoms with van der Waals surface area (Å²) in [5.41, 5.74) is 1.94. The molecule has 2 heterocycles. The lowest BCUT2D eigenvalue weighted by atomic mass is 9.62. The number of Topliss-reactive ketones (excluding diaryl/α,β-unsaturated/α-hetero) is 1. The van der Waals surface area contributed by atoms with Gasteiger partial charge in [0.25, 0.3) is 0 Å². The summed E-state index contributed by atoms with van der Waals surface area (Å²) in [6, 6.07) is 7.97. The molecule has 0 saturated carbocycles. The minimum Gasteiger partial charge on any atom is -0.469 e. The zero-order valence-electron chi connectivity index (χ0n) is 15.7. The van der Waals surface area contributed by atoms with Crippen LogP contribution in [0, 0.1) is 17.3 Å². The number of carbonyl (C=O) groups excluding carboxylic acids is 2. The highest BCUT2D eigenvalue weighted by Crippen LogP contribution is 2.49. The Morgan fingerprint density at radius 2 is 2.15 bits per heavy atom. The van der Waals surface area contributed by atoms with Crippen LogP contribution >= 0.6 is 0 Å². The fourth-order valence-electron chi connectivity index (χ4n) is 5.34. The first-order valence-corrected chi connectivity index (χ1v) is 9.40. The van der Waals surface area contributed by atoms with Crippen LogP contribution in [0.5, 0.6) is 0 Å². The first-order valence-electron chi connectivity index (χ1n) is 9.40. The van der Waals surface area contributed by atoms with Crippen LogP contribution in [-0.4, -0.2) is 48.9 Å². The summed E-state index contributed by atoms with van der Waals surface area (Å²) in [7, 11) is 3.53. The smallest absolute Gasteiger partial charge is 0.313 e. The average molecular weight is 354 g/mol. The quantitative estimate of drug-likeness (QED) is 0.842. The van der Waals surface area contributed by atoms with Gasteiger partial charge in [-0.1, -0.05) is 31.5 Å². The Bertz CT molecular complexity index is 871. The molecule has 1 aromatic carbocycles. The van der Waals surface area contributed by atoms with E-state index in [2.05, 4.69) is 23.9 Å². The molecule has 5 heteroatoms. The van der Waals surface area contributed by atoms with E-state index in [9.17, 15) is 9.59 Å². The number of ketones is 1. The summed E-state index contributed by atoms with van der Waals surface area (Å²) in [5, 5.41) is 1.04. The molecule has 0 radical (unpaired) electrons. The molecule has 26 heavy (non-hydrogen) atoms. The highest BCUT2D eigenvalue weighted by atomic mass is 16.5. The Kier molecular flexibility index (Phi) is 4.14. The van der Waals surface area contributed by atoms with Gasteiger partial charge in [0.05, 0.1) is 18.2 Å². The molecular weight excluding hydrogens is 328 g/mol. The van der Waals surface area contributed by atoms with Crippen LogP contribution in [0.25, 0.3) is 10.9 Å². The van der Waals surface area contributed by atoms with E-state index in [1.807, 2.05) is 24.3 Å². The van der Waals surface area contributed by atoms with Gasteiger partial charge in [0, 0.05) is 30.4 Å². The van der Waals surface area contributed by atoms with E-state index >= 15 is 0 Å². The maximum absolute atomic E-state index is 13.1. The summed E-state index contributed by atoms with van der Waals surface area (Å²) in [6.07, 6.45) is 1.91. The van der Waals surface area contributed by atoms with Crippen molar-refractivity contribution in [2.75, 3.05) is 27.2 Å². The molecule has 2 aliphatic rings. The topological polar surface area (TPSA) is 62.4 Å². The number of aromatic amines is 1. The molecule has 1 aromatic heterocycles. The lowest BCUT2D eigenvalue weighted by Gasteiger charge is -2.48. The van der Waals surface area contributed by atoms with Crippen LogP contribution in [0.3, 0.4) is 0 Å². The zero-order valence-corrected chi connectivity index (χ0v) is 15.7. The standard InChI is InChI=1S/C21H26N2O3/c1-4-13-11-23(2)12-21(20(25)26-3)10-15-14-7-5-6-8-17(14)22-19(15)18(24)9-16(13)21/h5-8,13,16,22H,4,9-12H2,1-3H3/t13-,16+,21+/m1/s1. The van der Waals surface area contributed by atoms with E-state index in [0.29, 0.717) is 31.0 Å². The molecule has 1 aliphatic carbocycles. The van der Waals surface area contributed by atoms with Gasteiger partial charge in [-0.15, -0.1) is 0 Å². The molecule has 1 aliphatic heterocycles. The van der Waals surface area contributed by atoms with E-state index in [1.165, 1.54) is 7.11 Å². The van der Waals surface area contributed by atoms with Gasteiger partial charge < -0.3 is 14.6 Å². The molecule has 5 nitrogen and oxygen atoms in total. The molecule has 1 saturated heterocycles. The number of likely N-dealkylation sites (tertiary alicyclic amines) is 1. The average Bonchev–Trinajstić information content (AvgIpc) is 2.95. The number of H-pyrrole nitrogens is 1. The minimum atomic E-state index is -0.672. The van der Waals surface area contributed by atoms with Crippen LogP contribution in [-0.2, 0) is 16.0 Å². The van der Waals surface area contributed by atoms with Crippen LogP contribution in [0.1, 0.15) is 35.8 Å². The molecule has 1 fully saturated rings. The highest BCUT2D eigenvalue weighted by molar-refractivity contribution is 6.03. The molecule has 4 rings (SSSR count). The molecule has 0 amide bonds. The summed E-state index contributed by atoms with van der Waals surface area (Å²) in [6.45, 7) is 3.70. The van der Waals surface area contributed by atoms with Gasteiger partial charge in [-0.3, -0.25) is 9.59 Å². The number of rotatable bonds is 2. The number of ether oxygens (including phenoxy) is 1. The minimum absolute atomic E-state index is 0.0169. The maximum atomic E-state index is 13.1. The normalized spacial score (nSPS) is 29.1. The summed E-state index contributed by atoms with van der Waals surface area (Å²) in [4.78, 5) is 31.8.